The summed E-state index contributed by atoms with van der Waals surface area (Å²) < 4.78 is 1.37. The van der Waals surface area contributed by atoms with Gasteiger partial charge >= 0.3 is 0 Å². The molecule has 1 aromatic heterocycles. The standard InChI is InChI=1S/C57H44S/c1-56(2)49-19-10-8-17-45(49)46-31-29-44(35-51(46)56)53(39-25-21-37(22-26-39)36-13-6-5-7-14-36)40-27-23-38(24-28-40)41-15-12-16-42(33-41)43-30-32-50-48(34-43)55-54(57(50,3)4)47-18-9-11-20-52(47)58-55/h5-35,53H,1-4H3. The second kappa shape index (κ2) is 13.1. The minimum atomic E-state index is -0.0618. The van der Waals surface area contributed by atoms with Gasteiger partial charge < -0.3 is 0 Å². The Morgan fingerprint density at radius 1 is 0.362 bits per heavy atom. The summed E-state index contributed by atoms with van der Waals surface area (Å²) in [5.74, 6) is 0.0875. The van der Waals surface area contributed by atoms with Gasteiger partial charge in [0.1, 0.15) is 0 Å². The largest absolute Gasteiger partial charge is 0.135 e. The highest BCUT2D eigenvalue weighted by molar-refractivity contribution is 7.22. The predicted molar refractivity (Wildman–Crippen MR) is 247 cm³/mol. The van der Waals surface area contributed by atoms with Crippen LogP contribution >= 0.6 is 11.3 Å². The van der Waals surface area contributed by atoms with E-state index in [1.807, 2.05) is 11.3 Å². The Hall–Kier alpha value is -6.28. The molecule has 0 nitrogen and oxygen atoms in total. The minimum Gasteiger partial charge on any atom is -0.135 e. The van der Waals surface area contributed by atoms with E-state index in [0.717, 1.165) is 0 Å². The van der Waals surface area contributed by atoms with E-state index in [1.165, 1.54) is 104 Å². The molecule has 0 spiro atoms. The van der Waals surface area contributed by atoms with Gasteiger partial charge in [0.05, 0.1) is 0 Å². The van der Waals surface area contributed by atoms with E-state index in [2.05, 4.69) is 216 Å². The molecule has 1 atom stereocenters. The number of hydrogen-bond donors (Lipinski definition) is 0. The van der Waals surface area contributed by atoms with Gasteiger partial charge in [0.25, 0.3) is 0 Å². The van der Waals surface area contributed by atoms with Gasteiger partial charge in [-0.2, -0.15) is 0 Å². The number of fused-ring (bicyclic) bond motifs is 8. The van der Waals surface area contributed by atoms with Crippen molar-refractivity contribution < 1.29 is 0 Å². The minimum absolute atomic E-state index is 0.0187. The predicted octanol–water partition coefficient (Wildman–Crippen LogP) is 15.7. The zero-order valence-electron chi connectivity index (χ0n) is 33.4. The molecule has 1 heteroatoms. The molecule has 2 aliphatic rings. The van der Waals surface area contributed by atoms with E-state index in [0.29, 0.717) is 0 Å². The van der Waals surface area contributed by atoms with Crippen LogP contribution in [0.4, 0.5) is 0 Å². The van der Waals surface area contributed by atoms with Crippen LogP contribution in [0.25, 0.3) is 65.0 Å². The van der Waals surface area contributed by atoms with Crippen molar-refractivity contribution in [3.63, 3.8) is 0 Å². The van der Waals surface area contributed by atoms with Gasteiger partial charge in [-0.1, -0.05) is 198 Å². The zero-order chi connectivity index (χ0) is 39.2. The van der Waals surface area contributed by atoms with Crippen molar-refractivity contribution in [1.82, 2.24) is 0 Å². The Labute approximate surface area is 346 Å². The molecule has 9 aromatic rings. The van der Waals surface area contributed by atoms with Gasteiger partial charge in [0.2, 0.25) is 0 Å². The van der Waals surface area contributed by atoms with Crippen LogP contribution in [-0.4, -0.2) is 0 Å². The van der Waals surface area contributed by atoms with Gasteiger partial charge in [-0.15, -0.1) is 11.3 Å². The molecule has 2 aliphatic carbocycles. The third-order valence-electron chi connectivity index (χ3n) is 13.2. The summed E-state index contributed by atoms with van der Waals surface area (Å²) in [6.07, 6.45) is 0. The molecule has 0 N–H and O–H groups in total. The van der Waals surface area contributed by atoms with E-state index < -0.39 is 0 Å². The third-order valence-corrected chi connectivity index (χ3v) is 14.4. The fourth-order valence-corrected chi connectivity index (χ4v) is 11.6. The molecule has 0 radical (unpaired) electrons. The Balaban J connectivity index is 0.959. The Morgan fingerprint density at radius 3 is 1.66 bits per heavy atom. The molecule has 11 rings (SSSR count). The molecule has 0 saturated heterocycles. The average molecular weight is 761 g/mol. The van der Waals surface area contributed by atoms with Crippen molar-refractivity contribution in [3.05, 3.63) is 227 Å². The summed E-state index contributed by atoms with van der Waals surface area (Å²) in [5.41, 5.74) is 21.1. The van der Waals surface area contributed by atoms with E-state index in [-0.39, 0.29) is 16.7 Å². The van der Waals surface area contributed by atoms with Gasteiger partial charge in [-0.3, -0.25) is 0 Å². The number of hydrogen-bond acceptors (Lipinski definition) is 1. The summed E-state index contributed by atoms with van der Waals surface area (Å²) in [4.78, 5) is 1.43. The van der Waals surface area contributed by atoms with Crippen LogP contribution in [0, 0.1) is 0 Å². The highest BCUT2D eigenvalue weighted by Gasteiger charge is 2.39. The molecule has 278 valence electrons. The highest BCUT2D eigenvalue weighted by atomic mass is 32.1. The van der Waals surface area contributed by atoms with Crippen molar-refractivity contribution in [2.24, 2.45) is 0 Å². The summed E-state index contributed by atoms with van der Waals surface area (Å²) in [6.45, 7) is 9.52. The topological polar surface area (TPSA) is 0 Å². The molecule has 1 unspecified atom stereocenters. The van der Waals surface area contributed by atoms with Crippen LogP contribution in [-0.2, 0) is 10.8 Å². The van der Waals surface area contributed by atoms with E-state index >= 15 is 0 Å². The molecule has 0 saturated carbocycles. The summed E-state index contributed by atoms with van der Waals surface area (Å²) in [6, 6.07) is 70.5. The van der Waals surface area contributed by atoms with Crippen LogP contribution in [0.1, 0.15) is 72.6 Å². The van der Waals surface area contributed by atoms with Gasteiger partial charge in [-0.05, 0) is 113 Å². The molecule has 58 heavy (non-hydrogen) atoms. The fraction of sp³-hybridized carbons (Fsp3) is 0.123. The van der Waals surface area contributed by atoms with Crippen LogP contribution < -0.4 is 0 Å². The van der Waals surface area contributed by atoms with Crippen LogP contribution in [0.15, 0.2) is 188 Å². The van der Waals surface area contributed by atoms with Crippen molar-refractivity contribution in [3.8, 4) is 54.9 Å². The Bertz CT molecular complexity index is 3030. The van der Waals surface area contributed by atoms with Crippen molar-refractivity contribution in [1.29, 1.82) is 0 Å². The van der Waals surface area contributed by atoms with Crippen LogP contribution in [0.5, 0.6) is 0 Å². The molecule has 8 aromatic carbocycles. The second-order valence-corrected chi connectivity index (χ2v) is 18.3. The first kappa shape index (κ1) is 34.9. The van der Waals surface area contributed by atoms with Crippen molar-refractivity contribution in [2.75, 3.05) is 0 Å². The molecule has 0 fully saturated rings. The number of thiophene rings is 1. The maximum Gasteiger partial charge on any atom is 0.0399 e. The van der Waals surface area contributed by atoms with E-state index in [4.69, 9.17) is 0 Å². The Kier molecular flexibility index (Phi) is 7.91. The average Bonchev–Trinajstić information content (AvgIpc) is 3.85. The lowest BCUT2D eigenvalue weighted by Crippen LogP contribution is -2.15. The van der Waals surface area contributed by atoms with Gasteiger partial charge in [0, 0.05) is 26.3 Å². The molecular weight excluding hydrogens is 717 g/mol. The van der Waals surface area contributed by atoms with Crippen molar-refractivity contribution in [2.45, 2.75) is 44.4 Å². The van der Waals surface area contributed by atoms with Crippen LogP contribution in [0.3, 0.4) is 0 Å². The molecule has 0 bridgehead atoms. The number of benzene rings is 8. The summed E-state index contributed by atoms with van der Waals surface area (Å²) >= 11 is 1.94. The first-order valence-corrected chi connectivity index (χ1v) is 21.3. The lowest BCUT2D eigenvalue weighted by Gasteiger charge is -2.25. The van der Waals surface area contributed by atoms with Crippen LogP contribution in [0.2, 0.25) is 0 Å². The maximum absolute atomic E-state index is 2.49. The van der Waals surface area contributed by atoms with Crippen molar-refractivity contribution >= 4 is 21.4 Å². The number of rotatable bonds is 6. The quantitative estimate of drug-likeness (QED) is 0.148. The van der Waals surface area contributed by atoms with E-state index in [1.54, 1.807) is 0 Å². The van der Waals surface area contributed by atoms with Gasteiger partial charge in [0.15, 0.2) is 0 Å². The molecule has 0 amide bonds. The first-order chi connectivity index (χ1) is 28.3. The van der Waals surface area contributed by atoms with E-state index in [9.17, 15) is 0 Å². The smallest absolute Gasteiger partial charge is 0.0399 e. The molecule has 0 aliphatic heterocycles. The second-order valence-electron chi connectivity index (χ2n) is 17.3. The summed E-state index contributed by atoms with van der Waals surface area (Å²) in [7, 11) is 0. The molecular formula is C57H44S. The SMILES string of the molecule is CC1(C)c2ccccc2-c2ccc(C(c3ccc(-c4ccccc4)cc3)c3ccc(-c4cccc(-c5ccc6c(c5)-c5sc7ccccc7c5C6(C)C)c4)cc3)cc21. The zero-order valence-corrected chi connectivity index (χ0v) is 34.2. The Morgan fingerprint density at radius 2 is 0.897 bits per heavy atom. The normalized spacial score (nSPS) is 14.8. The fourth-order valence-electron chi connectivity index (χ4n) is 10.2. The monoisotopic (exact) mass is 760 g/mol. The first-order valence-electron chi connectivity index (χ1n) is 20.5. The highest BCUT2D eigenvalue weighted by Crippen LogP contribution is 2.56. The lowest BCUT2D eigenvalue weighted by molar-refractivity contribution is 0.659. The maximum atomic E-state index is 2.49. The molecule has 1 heterocycles. The summed E-state index contributed by atoms with van der Waals surface area (Å²) in [5, 5.41) is 1.40. The third kappa shape index (κ3) is 5.41. The van der Waals surface area contributed by atoms with Gasteiger partial charge in [-0.25, -0.2) is 0 Å². The lowest BCUT2D eigenvalue weighted by atomic mass is 9.79.